The molecule has 1 unspecified atom stereocenters. The number of aliphatic imine (C=N–C) groups is 1. The Morgan fingerprint density at radius 3 is 2.48 bits per heavy atom. The fraction of sp³-hybridized carbons (Fsp3) is 0.562. The predicted molar refractivity (Wildman–Crippen MR) is 83.6 cm³/mol. The lowest BCUT2D eigenvalue weighted by atomic mass is 10.0. The van der Waals surface area contributed by atoms with E-state index in [1.807, 2.05) is 13.8 Å². The minimum Gasteiger partial charge on any atom is -0.357 e. The van der Waals surface area contributed by atoms with Crippen LogP contribution in [0.3, 0.4) is 0 Å². The van der Waals surface area contributed by atoms with Gasteiger partial charge in [-0.15, -0.1) is 0 Å². The first-order valence-electron chi connectivity index (χ1n) is 7.41. The van der Waals surface area contributed by atoms with Crippen molar-refractivity contribution >= 4 is 5.96 Å². The second-order valence-corrected chi connectivity index (χ2v) is 5.56. The van der Waals surface area contributed by atoms with Crippen molar-refractivity contribution in [2.75, 3.05) is 19.6 Å². The molecule has 1 rings (SSSR count). The third kappa shape index (κ3) is 6.10. The van der Waals surface area contributed by atoms with Crippen LogP contribution in [0.15, 0.2) is 23.2 Å². The lowest BCUT2D eigenvalue weighted by Gasteiger charge is -2.17. The monoisotopic (exact) mass is 297 g/mol. The van der Waals surface area contributed by atoms with Gasteiger partial charge in [-0.2, -0.15) is 0 Å². The molecular weight excluding hydrogens is 272 g/mol. The summed E-state index contributed by atoms with van der Waals surface area (Å²) in [5.41, 5.74) is 0.503. The molecule has 0 aromatic heterocycles. The van der Waals surface area contributed by atoms with Crippen LogP contribution in [0.25, 0.3) is 0 Å². The number of hydrogen-bond donors (Lipinski definition) is 2. The second-order valence-electron chi connectivity index (χ2n) is 5.56. The number of nitrogens with zero attached hydrogens (tertiary/aromatic N) is 1. The van der Waals surface area contributed by atoms with Crippen LogP contribution >= 0.6 is 0 Å². The molecule has 0 saturated heterocycles. The quantitative estimate of drug-likeness (QED) is 0.624. The van der Waals surface area contributed by atoms with Gasteiger partial charge in [-0.05, 0) is 24.5 Å². The lowest BCUT2D eigenvalue weighted by molar-refractivity contribution is 0.555. The van der Waals surface area contributed by atoms with Crippen molar-refractivity contribution < 1.29 is 8.78 Å². The molecule has 0 amide bonds. The first-order chi connectivity index (χ1) is 9.93. The highest BCUT2D eigenvalue weighted by molar-refractivity contribution is 5.79. The van der Waals surface area contributed by atoms with Gasteiger partial charge in [0.25, 0.3) is 0 Å². The molecular formula is C16H25F2N3. The minimum absolute atomic E-state index is 0.0755. The Kier molecular flexibility index (Phi) is 7.12. The number of halogens is 2. The van der Waals surface area contributed by atoms with Gasteiger partial charge < -0.3 is 10.6 Å². The average molecular weight is 297 g/mol. The maximum absolute atomic E-state index is 13.7. The Labute approximate surface area is 125 Å². The largest absolute Gasteiger partial charge is 0.357 e. The third-order valence-corrected chi connectivity index (χ3v) is 3.03. The fourth-order valence-corrected chi connectivity index (χ4v) is 1.88. The molecule has 0 heterocycles. The van der Waals surface area contributed by atoms with E-state index in [1.165, 1.54) is 12.1 Å². The second kappa shape index (κ2) is 8.60. The van der Waals surface area contributed by atoms with Gasteiger partial charge in [-0.1, -0.05) is 26.8 Å². The van der Waals surface area contributed by atoms with Crippen molar-refractivity contribution in [1.29, 1.82) is 0 Å². The highest BCUT2D eigenvalue weighted by Gasteiger charge is 2.12. The summed E-state index contributed by atoms with van der Waals surface area (Å²) < 4.78 is 26.6. The fourth-order valence-electron chi connectivity index (χ4n) is 1.88. The maximum atomic E-state index is 13.7. The Balaban J connectivity index is 2.64. The van der Waals surface area contributed by atoms with E-state index in [0.717, 1.165) is 25.1 Å². The molecule has 5 heteroatoms. The molecule has 0 aliphatic carbocycles. The van der Waals surface area contributed by atoms with E-state index in [4.69, 9.17) is 0 Å². The number of guanidine groups is 1. The Morgan fingerprint density at radius 1 is 1.19 bits per heavy atom. The van der Waals surface area contributed by atoms with Crippen LogP contribution in [-0.4, -0.2) is 25.6 Å². The van der Waals surface area contributed by atoms with Crippen LogP contribution in [0.5, 0.6) is 0 Å². The van der Waals surface area contributed by atoms with Gasteiger partial charge in [0.15, 0.2) is 5.96 Å². The zero-order chi connectivity index (χ0) is 15.8. The molecule has 2 N–H and O–H groups in total. The zero-order valence-electron chi connectivity index (χ0n) is 13.2. The normalized spacial score (nSPS) is 13.4. The Hall–Kier alpha value is -1.65. The van der Waals surface area contributed by atoms with Crippen molar-refractivity contribution in [3.63, 3.8) is 0 Å². The molecule has 0 radical (unpaired) electrons. The highest BCUT2D eigenvalue weighted by Crippen LogP contribution is 2.19. The number of hydrogen-bond acceptors (Lipinski definition) is 1. The standard InChI is InChI=1S/C16H25F2N3/c1-5-19-16(20-9-11(2)3)21-10-12(4)14-7-6-13(17)8-15(14)18/h6-8,11-12H,5,9-10H2,1-4H3,(H2,19,20,21). The smallest absolute Gasteiger partial charge is 0.191 e. The third-order valence-electron chi connectivity index (χ3n) is 3.03. The molecule has 1 atom stereocenters. The molecule has 0 bridgehead atoms. The molecule has 0 saturated carbocycles. The molecule has 118 valence electrons. The van der Waals surface area contributed by atoms with Gasteiger partial charge >= 0.3 is 0 Å². The van der Waals surface area contributed by atoms with Crippen molar-refractivity contribution in [2.24, 2.45) is 10.9 Å². The molecule has 0 spiro atoms. The summed E-state index contributed by atoms with van der Waals surface area (Å²) >= 11 is 0. The summed E-state index contributed by atoms with van der Waals surface area (Å²) in [4.78, 5) is 4.46. The number of benzene rings is 1. The number of rotatable bonds is 6. The van der Waals surface area contributed by atoms with E-state index < -0.39 is 11.6 Å². The first kappa shape index (κ1) is 17.4. The van der Waals surface area contributed by atoms with Crippen LogP contribution in [-0.2, 0) is 0 Å². The summed E-state index contributed by atoms with van der Waals surface area (Å²) in [5, 5.41) is 6.35. The van der Waals surface area contributed by atoms with Crippen LogP contribution in [0, 0.1) is 17.6 Å². The molecule has 1 aromatic carbocycles. The van der Waals surface area contributed by atoms with Crippen molar-refractivity contribution in [3.8, 4) is 0 Å². The van der Waals surface area contributed by atoms with Gasteiger partial charge in [0.1, 0.15) is 11.6 Å². The summed E-state index contributed by atoms with van der Waals surface area (Å²) in [6, 6.07) is 3.70. The van der Waals surface area contributed by atoms with Crippen LogP contribution < -0.4 is 10.6 Å². The van der Waals surface area contributed by atoms with Gasteiger partial charge in [0, 0.05) is 31.6 Å². The highest BCUT2D eigenvalue weighted by atomic mass is 19.1. The van der Waals surface area contributed by atoms with Gasteiger partial charge in [0.05, 0.1) is 0 Å². The van der Waals surface area contributed by atoms with Gasteiger partial charge in [0.2, 0.25) is 0 Å². The van der Waals surface area contributed by atoms with Crippen LogP contribution in [0.1, 0.15) is 39.2 Å². The van der Waals surface area contributed by atoms with E-state index in [1.54, 1.807) is 0 Å². The van der Waals surface area contributed by atoms with Crippen molar-refractivity contribution in [2.45, 2.75) is 33.6 Å². The predicted octanol–water partition coefficient (Wildman–Crippen LogP) is 3.28. The molecule has 3 nitrogen and oxygen atoms in total. The maximum Gasteiger partial charge on any atom is 0.191 e. The minimum atomic E-state index is -0.553. The van der Waals surface area contributed by atoms with E-state index in [9.17, 15) is 8.78 Å². The average Bonchev–Trinajstić information content (AvgIpc) is 2.41. The summed E-state index contributed by atoms with van der Waals surface area (Å²) in [6.45, 7) is 10.1. The van der Waals surface area contributed by atoms with Crippen molar-refractivity contribution in [1.82, 2.24) is 10.6 Å². The topological polar surface area (TPSA) is 36.4 Å². The molecule has 21 heavy (non-hydrogen) atoms. The number of nitrogens with one attached hydrogen (secondary N) is 2. The van der Waals surface area contributed by atoms with E-state index in [2.05, 4.69) is 29.5 Å². The van der Waals surface area contributed by atoms with Crippen LogP contribution in [0.4, 0.5) is 8.78 Å². The van der Waals surface area contributed by atoms with Gasteiger partial charge in [-0.25, -0.2) is 8.78 Å². The Bertz CT molecular complexity index is 473. The molecule has 0 fully saturated rings. The Morgan fingerprint density at radius 2 is 1.90 bits per heavy atom. The molecule has 0 aliphatic rings. The van der Waals surface area contributed by atoms with E-state index >= 15 is 0 Å². The first-order valence-corrected chi connectivity index (χ1v) is 7.41. The summed E-state index contributed by atoms with van der Waals surface area (Å²) in [5.74, 6) is 0.0677. The SMILES string of the molecule is CCNC(=NCC(C)C)NCC(C)c1ccc(F)cc1F. The van der Waals surface area contributed by atoms with E-state index in [-0.39, 0.29) is 5.92 Å². The van der Waals surface area contributed by atoms with Gasteiger partial charge in [-0.3, -0.25) is 4.99 Å². The lowest BCUT2D eigenvalue weighted by Crippen LogP contribution is -2.39. The molecule has 1 aromatic rings. The van der Waals surface area contributed by atoms with Crippen LogP contribution in [0.2, 0.25) is 0 Å². The molecule has 0 aliphatic heterocycles. The summed E-state index contributed by atoms with van der Waals surface area (Å²) in [6.07, 6.45) is 0. The van der Waals surface area contributed by atoms with E-state index in [0.29, 0.717) is 18.0 Å². The zero-order valence-corrected chi connectivity index (χ0v) is 13.2. The van der Waals surface area contributed by atoms with Crippen molar-refractivity contribution in [3.05, 3.63) is 35.4 Å². The summed E-state index contributed by atoms with van der Waals surface area (Å²) in [7, 11) is 0.